The van der Waals surface area contributed by atoms with Crippen LogP contribution in [0.1, 0.15) is 94.9 Å². The SMILES string of the molecule is CC[C@H]1OC(=O)[C@H](C)[C@@H](O[C@H]2C[C@@](C)(OC)[C@@H](O)[C@H](C)O2)[C@H](C)[C@@H](O[C@@H]2O[C@H](C)C[C@H](NC)[C@H]2O)[C@]2(C)CC(C)=C(O2)[C@H](C)[C@@H](O)[C@]1(C)O. The molecule has 49 heavy (non-hydrogen) atoms. The summed E-state index contributed by atoms with van der Waals surface area (Å²) in [6, 6.07) is -0.286. The van der Waals surface area contributed by atoms with Gasteiger partial charge in [-0.15, -0.1) is 0 Å². The summed E-state index contributed by atoms with van der Waals surface area (Å²) in [7, 11) is 3.31. The van der Waals surface area contributed by atoms with E-state index in [0.29, 0.717) is 18.6 Å². The Morgan fingerprint density at radius 3 is 2.22 bits per heavy atom. The summed E-state index contributed by atoms with van der Waals surface area (Å²) in [4.78, 5) is 14.1. The van der Waals surface area contributed by atoms with E-state index in [1.807, 2.05) is 27.7 Å². The quantitative estimate of drug-likeness (QED) is 0.245. The molecule has 5 N–H and O–H groups in total. The highest BCUT2D eigenvalue weighted by atomic mass is 16.7. The van der Waals surface area contributed by atoms with E-state index in [1.54, 1.807) is 41.7 Å². The van der Waals surface area contributed by atoms with Gasteiger partial charge in [-0.1, -0.05) is 20.8 Å². The fourth-order valence-electron chi connectivity index (χ4n) is 8.53. The van der Waals surface area contributed by atoms with Gasteiger partial charge in [0.25, 0.3) is 0 Å². The molecule has 17 atom stereocenters. The standard InChI is InChI=1S/C36H63NO12/c1-13-24-36(10,42)29(39)19(4)27-17(2)15-35(9,49-27)31(48-33-26(38)23(37-11)14-18(3)44-33)20(5)28(21(6)32(41)46-24)47-25-16-34(8,43-12)30(40)22(7)45-25/h18-26,28-31,33,37-40,42H,13-16H2,1-12H3/t18-,19+,20+,21-,22+,23+,24-,25+,26-,28+,29-,30+,31-,33+,34-,35+,36-/m1/s1. The molecule has 3 saturated heterocycles. The van der Waals surface area contributed by atoms with Gasteiger partial charge in [0.05, 0.1) is 35.9 Å². The summed E-state index contributed by atoms with van der Waals surface area (Å²) in [5.74, 6) is -2.32. The molecule has 0 aromatic carbocycles. The molecule has 4 rings (SSSR count). The second-order valence-electron chi connectivity index (χ2n) is 15.7. The van der Waals surface area contributed by atoms with Crippen molar-refractivity contribution in [3.05, 3.63) is 11.3 Å². The van der Waals surface area contributed by atoms with Gasteiger partial charge in [0.15, 0.2) is 12.6 Å². The number of aliphatic hydroxyl groups excluding tert-OH is 3. The molecule has 4 aliphatic heterocycles. The van der Waals surface area contributed by atoms with E-state index in [2.05, 4.69) is 5.32 Å². The van der Waals surface area contributed by atoms with Crippen LogP contribution in [-0.4, -0.2) is 125 Å². The Kier molecular flexibility index (Phi) is 12.6. The Labute approximate surface area is 291 Å². The van der Waals surface area contributed by atoms with Crippen LogP contribution in [0.2, 0.25) is 0 Å². The number of carbonyl (C=O) groups excluding carboxylic acids is 1. The number of likely N-dealkylation sites (N-methyl/N-ethyl adjacent to an activating group) is 1. The number of aliphatic hydroxyl groups is 4. The average molecular weight is 702 g/mol. The third-order valence-electron chi connectivity index (χ3n) is 11.7. The molecule has 4 heterocycles. The van der Waals surface area contributed by atoms with Crippen molar-refractivity contribution in [3.8, 4) is 0 Å². The van der Waals surface area contributed by atoms with Gasteiger partial charge in [0.1, 0.15) is 41.4 Å². The maximum atomic E-state index is 14.1. The number of hydrogen-bond acceptors (Lipinski definition) is 13. The van der Waals surface area contributed by atoms with Gasteiger partial charge in [-0.3, -0.25) is 4.79 Å². The second-order valence-corrected chi connectivity index (χ2v) is 15.7. The van der Waals surface area contributed by atoms with Crippen molar-refractivity contribution in [1.29, 1.82) is 0 Å². The smallest absolute Gasteiger partial charge is 0.311 e. The minimum Gasteiger partial charge on any atom is -0.489 e. The highest BCUT2D eigenvalue weighted by Gasteiger charge is 2.56. The zero-order valence-electron chi connectivity index (χ0n) is 31.5. The molecule has 0 aromatic heterocycles. The van der Waals surface area contributed by atoms with Gasteiger partial charge in [-0.2, -0.15) is 0 Å². The van der Waals surface area contributed by atoms with Crippen LogP contribution in [0.5, 0.6) is 0 Å². The first-order valence-electron chi connectivity index (χ1n) is 17.9. The predicted octanol–water partition coefficient (Wildman–Crippen LogP) is 2.55. The molecule has 0 aromatic rings. The monoisotopic (exact) mass is 701 g/mol. The van der Waals surface area contributed by atoms with E-state index in [1.165, 1.54) is 14.0 Å². The molecule has 3 fully saturated rings. The fourth-order valence-corrected chi connectivity index (χ4v) is 8.53. The maximum Gasteiger partial charge on any atom is 0.311 e. The van der Waals surface area contributed by atoms with E-state index in [4.69, 9.17) is 33.2 Å². The third kappa shape index (κ3) is 7.86. The van der Waals surface area contributed by atoms with E-state index >= 15 is 0 Å². The number of hydrogen-bond donors (Lipinski definition) is 5. The van der Waals surface area contributed by atoms with E-state index in [9.17, 15) is 25.2 Å². The molecular formula is C36H63NO12. The average Bonchev–Trinajstić information content (AvgIpc) is 3.37. The maximum absolute atomic E-state index is 14.1. The summed E-state index contributed by atoms with van der Waals surface area (Å²) < 4.78 is 44.4. The highest BCUT2D eigenvalue weighted by Crippen LogP contribution is 2.47. The lowest BCUT2D eigenvalue weighted by Crippen LogP contribution is -2.60. The minimum absolute atomic E-state index is 0.173. The first kappa shape index (κ1) is 40.4. The van der Waals surface area contributed by atoms with Crippen LogP contribution in [0.25, 0.3) is 0 Å². The van der Waals surface area contributed by atoms with Gasteiger partial charge in [-0.05, 0) is 73.9 Å². The second kappa shape index (κ2) is 15.3. The largest absolute Gasteiger partial charge is 0.489 e. The molecule has 0 amide bonds. The van der Waals surface area contributed by atoms with Gasteiger partial charge < -0.3 is 58.9 Å². The molecule has 0 spiro atoms. The molecule has 13 heteroatoms. The molecule has 0 radical (unpaired) electrons. The van der Waals surface area contributed by atoms with Crippen molar-refractivity contribution < 1.29 is 58.4 Å². The van der Waals surface area contributed by atoms with Crippen LogP contribution in [-0.2, 0) is 38.0 Å². The van der Waals surface area contributed by atoms with E-state index in [0.717, 1.165) is 5.57 Å². The Hall–Kier alpha value is -1.39. The van der Waals surface area contributed by atoms with Crippen LogP contribution in [0.4, 0.5) is 0 Å². The molecule has 4 aliphatic rings. The van der Waals surface area contributed by atoms with Crippen molar-refractivity contribution in [2.45, 2.75) is 179 Å². The lowest BCUT2D eigenvalue weighted by atomic mass is 9.78. The number of carbonyl (C=O) groups is 1. The molecule has 2 bridgehead atoms. The molecule has 13 nitrogen and oxygen atoms in total. The van der Waals surface area contributed by atoms with Gasteiger partial charge in [-0.25, -0.2) is 0 Å². The number of rotatable bonds is 7. The van der Waals surface area contributed by atoms with E-state index < -0.39 is 95.8 Å². The van der Waals surface area contributed by atoms with Crippen LogP contribution < -0.4 is 5.32 Å². The van der Waals surface area contributed by atoms with Crippen LogP contribution in [0, 0.1) is 17.8 Å². The Balaban J connectivity index is 1.83. The van der Waals surface area contributed by atoms with Crippen molar-refractivity contribution >= 4 is 5.97 Å². The highest BCUT2D eigenvalue weighted by molar-refractivity contribution is 5.73. The zero-order chi connectivity index (χ0) is 36.8. The van der Waals surface area contributed by atoms with Crippen molar-refractivity contribution in [1.82, 2.24) is 5.32 Å². The molecule has 284 valence electrons. The van der Waals surface area contributed by atoms with E-state index in [-0.39, 0.29) is 25.0 Å². The first-order chi connectivity index (χ1) is 22.7. The van der Waals surface area contributed by atoms with Crippen LogP contribution >= 0.6 is 0 Å². The summed E-state index contributed by atoms with van der Waals surface area (Å²) >= 11 is 0. The summed E-state index contributed by atoms with van der Waals surface area (Å²) in [5.41, 5.74) is -3.00. The molecular weight excluding hydrogens is 638 g/mol. The van der Waals surface area contributed by atoms with Crippen LogP contribution in [0.15, 0.2) is 11.3 Å². The molecule has 0 unspecified atom stereocenters. The van der Waals surface area contributed by atoms with Crippen molar-refractivity contribution in [3.63, 3.8) is 0 Å². The zero-order valence-corrected chi connectivity index (χ0v) is 31.5. The van der Waals surface area contributed by atoms with Gasteiger partial charge in [0, 0.05) is 37.8 Å². The minimum atomic E-state index is -1.82. The number of fused-ring (bicyclic) bond motifs is 2. The number of ether oxygens (including phenoxy) is 7. The molecule has 0 saturated carbocycles. The Bertz CT molecular complexity index is 1180. The van der Waals surface area contributed by atoms with Gasteiger partial charge >= 0.3 is 5.97 Å². The van der Waals surface area contributed by atoms with Gasteiger partial charge in [0.2, 0.25) is 0 Å². The number of esters is 1. The third-order valence-corrected chi connectivity index (χ3v) is 11.7. The predicted molar refractivity (Wildman–Crippen MR) is 179 cm³/mol. The first-order valence-corrected chi connectivity index (χ1v) is 17.9. The lowest BCUT2D eigenvalue weighted by Gasteiger charge is -2.48. The summed E-state index contributed by atoms with van der Waals surface area (Å²) in [5, 5.41) is 48.8. The van der Waals surface area contributed by atoms with Crippen molar-refractivity contribution in [2.24, 2.45) is 17.8 Å². The molecule has 0 aliphatic carbocycles. The Morgan fingerprint density at radius 2 is 1.63 bits per heavy atom. The Morgan fingerprint density at radius 1 is 0.980 bits per heavy atom. The number of cyclic esters (lactones) is 1. The lowest BCUT2D eigenvalue weighted by molar-refractivity contribution is -0.314. The number of nitrogens with one attached hydrogen (secondary N) is 1. The summed E-state index contributed by atoms with van der Waals surface area (Å²) in [6.07, 6.45) is -7.44. The fraction of sp³-hybridized carbons (Fsp3) is 0.917. The topological polar surface area (TPSA) is 175 Å². The normalized spacial score (nSPS) is 50.2. The summed E-state index contributed by atoms with van der Waals surface area (Å²) in [6.45, 7) is 17.9. The van der Waals surface area contributed by atoms with Crippen LogP contribution in [0.3, 0.4) is 0 Å². The number of methoxy groups -OCH3 is 1. The van der Waals surface area contributed by atoms with Crippen molar-refractivity contribution in [2.75, 3.05) is 14.2 Å².